The number of imidazole rings is 1. The van der Waals surface area contributed by atoms with Crippen LogP contribution in [0.5, 0.6) is 5.75 Å². The number of H-pyrrole nitrogens is 1. The molecule has 0 bridgehead atoms. The van der Waals surface area contributed by atoms with Gasteiger partial charge in [-0.15, -0.1) is 0 Å². The van der Waals surface area contributed by atoms with Crippen LogP contribution in [0, 0.1) is 0 Å². The summed E-state index contributed by atoms with van der Waals surface area (Å²) in [6, 6.07) is 6.43. The molecule has 1 amide bonds. The minimum Gasteiger partial charge on any atom is -0.426 e. The molecule has 0 saturated heterocycles. The lowest BCUT2D eigenvalue weighted by atomic mass is 10.2. The molecule has 0 radical (unpaired) electrons. The molecule has 2 rings (SSSR count). The number of aromatic amines is 1. The van der Waals surface area contributed by atoms with Gasteiger partial charge in [0.15, 0.2) is 5.95 Å². The molecule has 2 aromatic rings. The Morgan fingerprint density at radius 3 is 2.74 bits per heavy atom. The van der Waals surface area contributed by atoms with E-state index in [1.54, 1.807) is 18.2 Å². The largest absolute Gasteiger partial charge is 0.426 e. The third-order valence-corrected chi connectivity index (χ3v) is 2.23. The van der Waals surface area contributed by atoms with Crippen LogP contribution in [0.2, 0.25) is 0 Å². The molecule has 0 aliphatic rings. The van der Waals surface area contributed by atoms with Crippen molar-refractivity contribution in [3.8, 4) is 5.75 Å². The number of nitrogens with two attached hydrogens (primary N) is 1. The number of ether oxygens (including phenoxy) is 1. The van der Waals surface area contributed by atoms with Crippen molar-refractivity contribution in [1.82, 2.24) is 9.97 Å². The summed E-state index contributed by atoms with van der Waals surface area (Å²) in [6.07, 6.45) is 1.39. The van der Waals surface area contributed by atoms with Crippen molar-refractivity contribution >= 4 is 23.6 Å². The molecule has 0 spiro atoms. The van der Waals surface area contributed by atoms with Gasteiger partial charge >= 0.3 is 5.97 Å². The first-order valence-corrected chi connectivity index (χ1v) is 5.45. The lowest BCUT2D eigenvalue weighted by Crippen LogP contribution is -2.15. The smallest absolute Gasteiger partial charge is 0.308 e. The lowest BCUT2D eigenvalue weighted by molar-refractivity contribution is -0.131. The van der Waals surface area contributed by atoms with Gasteiger partial charge in [-0.05, 0) is 12.1 Å². The number of carbonyl (C=O) groups is 2. The summed E-state index contributed by atoms with van der Waals surface area (Å²) in [5.41, 5.74) is 5.64. The van der Waals surface area contributed by atoms with Crippen LogP contribution in [-0.4, -0.2) is 21.8 Å². The number of anilines is 2. The molecule has 1 heterocycles. The van der Waals surface area contributed by atoms with Crippen LogP contribution < -0.4 is 15.8 Å². The van der Waals surface area contributed by atoms with E-state index in [-0.39, 0.29) is 17.3 Å². The van der Waals surface area contributed by atoms with E-state index in [4.69, 9.17) is 10.5 Å². The third kappa shape index (κ3) is 3.09. The van der Waals surface area contributed by atoms with Crippen molar-refractivity contribution in [2.24, 2.45) is 0 Å². The molecule has 1 aromatic heterocycles. The van der Waals surface area contributed by atoms with Crippen molar-refractivity contribution in [2.75, 3.05) is 11.1 Å². The molecule has 1 aromatic carbocycles. The van der Waals surface area contributed by atoms with Gasteiger partial charge in [0, 0.05) is 6.92 Å². The molecule has 7 heteroatoms. The topological polar surface area (TPSA) is 110 Å². The predicted octanol–water partition coefficient (Wildman–Crippen LogP) is 1.17. The molecule has 4 N–H and O–H groups in total. The highest BCUT2D eigenvalue weighted by molar-refractivity contribution is 6.06. The summed E-state index contributed by atoms with van der Waals surface area (Å²) in [7, 11) is 0. The molecule has 0 unspecified atom stereocenters. The summed E-state index contributed by atoms with van der Waals surface area (Å²) in [6.45, 7) is 1.27. The number of esters is 1. The molecule has 0 aliphatic heterocycles. The average molecular weight is 260 g/mol. The zero-order chi connectivity index (χ0) is 13.8. The Hall–Kier alpha value is -2.83. The zero-order valence-corrected chi connectivity index (χ0v) is 10.1. The van der Waals surface area contributed by atoms with Crippen LogP contribution in [0.4, 0.5) is 11.8 Å². The van der Waals surface area contributed by atoms with Gasteiger partial charge in [0.1, 0.15) is 11.6 Å². The summed E-state index contributed by atoms with van der Waals surface area (Å²) in [5.74, 6) is -0.171. The van der Waals surface area contributed by atoms with Crippen LogP contribution in [0.15, 0.2) is 30.5 Å². The van der Waals surface area contributed by atoms with Gasteiger partial charge in [0.2, 0.25) is 0 Å². The van der Waals surface area contributed by atoms with Crippen LogP contribution in [0.25, 0.3) is 0 Å². The second kappa shape index (κ2) is 5.21. The average Bonchev–Trinajstić information content (AvgIpc) is 2.74. The maximum absolute atomic E-state index is 12.0. The third-order valence-electron chi connectivity index (χ3n) is 2.23. The Morgan fingerprint density at radius 2 is 2.11 bits per heavy atom. The van der Waals surface area contributed by atoms with Crippen molar-refractivity contribution in [2.45, 2.75) is 6.92 Å². The highest BCUT2D eigenvalue weighted by Gasteiger charge is 2.14. The van der Waals surface area contributed by atoms with Crippen molar-refractivity contribution < 1.29 is 14.3 Å². The van der Waals surface area contributed by atoms with E-state index in [1.165, 1.54) is 19.2 Å². The van der Waals surface area contributed by atoms with Crippen molar-refractivity contribution in [3.05, 3.63) is 36.0 Å². The molecule has 0 saturated carbocycles. The van der Waals surface area contributed by atoms with E-state index in [0.29, 0.717) is 5.82 Å². The molecular formula is C12H12N4O3. The summed E-state index contributed by atoms with van der Waals surface area (Å²) < 4.78 is 4.96. The Balaban J connectivity index is 2.21. The monoisotopic (exact) mass is 260 g/mol. The minimum atomic E-state index is -0.494. The Bertz CT molecular complexity index is 621. The number of rotatable bonds is 3. The second-order valence-electron chi connectivity index (χ2n) is 3.73. The number of para-hydroxylation sites is 1. The van der Waals surface area contributed by atoms with E-state index in [2.05, 4.69) is 15.3 Å². The Labute approximate surface area is 108 Å². The number of aromatic nitrogens is 2. The Morgan fingerprint density at radius 1 is 1.37 bits per heavy atom. The van der Waals surface area contributed by atoms with E-state index >= 15 is 0 Å². The standard InChI is InChI=1S/C12H12N4O3/c1-7(17)19-9-5-3-2-4-8(9)11(18)15-10-6-14-12(13)16-10/h2-6H,1H3,(H,15,18)(H3,13,14,16). The zero-order valence-electron chi connectivity index (χ0n) is 10.1. The SMILES string of the molecule is CC(=O)Oc1ccccc1C(=O)Nc1cnc(N)[nH]1. The molecule has 0 aliphatic carbocycles. The van der Waals surface area contributed by atoms with Crippen molar-refractivity contribution in [3.63, 3.8) is 0 Å². The maximum atomic E-state index is 12.0. The normalized spacial score (nSPS) is 9.95. The molecule has 0 fully saturated rings. The van der Waals surface area contributed by atoms with Gasteiger partial charge in [-0.25, -0.2) is 4.98 Å². The number of nitrogens with one attached hydrogen (secondary N) is 2. The van der Waals surface area contributed by atoms with Crippen LogP contribution in [0.3, 0.4) is 0 Å². The van der Waals surface area contributed by atoms with Crippen LogP contribution in [-0.2, 0) is 4.79 Å². The first-order chi connectivity index (χ1) is 9.06. The number of nitrogens with zero attached hydrogens (tertiary/aromatic N) is 1. The Kier molecular flexibility index (Phi) is 3.46. The minimum absolute atomic E-state index is 0.194. The van der Waals surface area contributed by atoms with Gasteiger partial charge in [-0.1, -0.05) is 12.1 Å². The molecule has 19 heavy (non-hydrogen) atoms. The van der Waals surface area contributed by atoms with Gasteiger partial charge in [-0.2, -0.15) is 0 Å². The van der Waals surface area contributed by atoms with E-state index in [9.17, 15) is 9.59 Å². The fourth-order valence-corrected chi connectivity index (χ4v) is 1.49. The van der Waals surface area contributed by atoms with Gasteiger partial charge in [0.25, 0.3) is 5.91 Å². The number of hydrogen-bond donors (Lipinski definition) is 3. The van der Waals surface area contributed by atoms with Crippen LogP contribution in [0.1, 0.15) is 17.3 Å². The molecular weight excluding hydrogens is 248 g/mol. The van der Waals surface area contributed by atoms with Gasteiger partial charge in [-0.3, -0.25) is 9.59 Å². The maximum Gasteiger partial charge on any atom is 0.308 e. The summed E-state index contributed by atoms with van der Waals surface area (Å²) >= 11 is 0. The summed E-state index contributed by atoms with van der Waals surface area (Å²) in [5, 5.41) is 2.56. The van der Waals surface area contributed by atoms with E-state index < -0.39 is 11.9 Å². The number of benzene rings is 1. The highest BCUT2D eigenvalue weighted by Crippen LogP contribution is 2.19. The fourth-order valence-electron chi connectivity index (χ4n) is 1.49. The second-order valence-corrected chi connectivity index (χ2v) is 3.73. The molecule has 98 valence electrons. The summed E-state index contributed by atoms with van der Waals surface area (Å²) in [4.78, 5) is 29.4. The molecule has 0 atom stereocenters. The lowest BCUT2D eigenvalue weighted by Gasteiger charge is -2.08. The van der Waals surface area contributed by atoms with Crippen LogP contribution >= 0.6 is 0 Å². The van der Waals surface area contributed by atoms with Gasteiger partial charge in [0.05, 0.1) is 11.8 Å². The van der Waals surface area contributed by atoms with Crippen molar-refractivity contribution in [1.29, 1.82) is 0 Å². The number of hydrogen-bond acceptors (Lipinski definition) is 5. The molecule has 7 nitrogen and oxygen atoms in total. The van der Waals surface area contributed by atoms with Gasteiger partial charge < -0.3 is 20.8 Å². The number of nitrogen functional groups attached to an aromatic ring is 1. The first-order valence-electron chi connectivity index (χ1n) is 5.45. The number of carbonyl (C=O) groups excluding carboxylic acids is 2. The predicted molar refractivity (Wildman–Crippen MR) is 68.7 cm³/mol. The quantitative estimate of drug-likeness (QED) is 0.566. The van der Waals surface area contributed by atoms with E-state index in [0.717, 1.165) is 0 Å². The first kappa shape index (κ1) is 12.6. The highest BCUT2D eigenvalue weighted by atomic mass is 16.5. The number of amides is 1. The van der Waals surface area contributed by atoms with E-state index in [1.807, 2.05) is 0 Å². The fraction of sp³-hybridized carbons (Fsp3) is 0.0833.